The normalized spacial score (nSPS) is 18.4. The fraction of sp³-hybridized carbons (Fsp3) is 0.462. The highest BCUT2D eigenvalue weighted by molar-refractivity contribution is 5.27. The molecule has 2 nitrogen and oxygen atoms in total. The first-order valence-corrected chi connectivity index (χ1v) is 5.56. The average Bonchev–Trinajstić information content (AvgIpc) is 2.29. The minimum atomic E-state index is -0.447. The standard InChI is InChI=1S/C13H17NO/c1-10-7-12(9-14-8-10)13(15)11-5-3-2-4-6-11/h5,7-9,13,15H,2-4,6H2,1H3. The topological polar surface area (TPSA) is 33.1 Å². The maximum absolute atomic E-state index is 10.2. The molecule has 2 heteroatoms. The number of aliphatic hydroxyl groups is 1. The van der Waals surface area contributed by atoms with Crippen molar-refractivity contribution in [1.82, 2.24) is 4.98 Å². The second-order valence-corrected chi connectivity index (χ2v) is 4.22. The van der Waals surface area contributed by atoms with Crippen LogP contribution in [0.5, 0.6) is 0 Å². The van der Waals surface area contributed by atoms with Gasteiger partial charge < -0.3 is 5.11 Å². The number of pyridine rings is 1. The van der Waals surface area contributed by atoms with E-state index in [-0.39, 0.29) is 0 Å². The van der Waals surface area contributed by atoms with Crippen LogP contribution in [0.3, 0.4) is 0 Å². The Labute approximate surface area is 90.7 Å². The van der Waals surface area contributed by atoms with Gasteiger partial charge in [0.2, 0.25) is 0 Å². The second kappa shape index (κ2) is 4.58. The highest BCUT2D eigenvalue weighted by Crippen LogP contribution is 2.29. The van der Waals surface area contributed by atoms with Crippen molar-refractivity contribution in [3.63, 3.8) is 0 Å². The Hall–Kier alpha value is -1.15. The van der Waals surface area contributed by atoms with Crippen molar-refractivity contribution in [2.75, 3.05) is 0 Å². The summed E-state index contributed by atoms with van der Waals surface area (Å²) in [5, 5.41) is 10.2. The van der Waals surface area contributed by atoms with E-state index in [4.69, 9.17) is 0 Å². The molecule has 1 unspecified atom stereocenters. The highest BCUT2D eigenvalue weighted by atomic mass is 16.3. The molecule has 0 spiro atoms. The van der Waals surface area contributed by atoms with Crippen molar-refractivity contribution >= 4 is 0 Å². The number of hydrogen-bond acceptors (Lipinski definition) is 2. The summed E-state index contributed by atoms with van der Waals surface area (Å²) in [6.45, 7) is 2.00. The van der Waals surface area contributed by atoms with Gasteiger partial charge >= 0.3 is 0 Å². The first-order valence-electron chi connectivity index (χ1n) is 5.56. The molecule has 0 aromatic carbocycles. The van der Waals surface area contributed by atoms with Crippen molar-refractivity contribution in [3.8, 4) is 0 Å². The first kappa shape index (κ1) is 10.4. The van der Waals surface area contributed by atoms with Gasteiger partial charge in [-0.1, -0.05) is 12.1 Å². The third-order valence-electron chi connectivity index (χ3n) is 2.89. The van der Waals surface area contributed by atoms with E-state index >= 15 is 0 Å². The Morgan fingerprint density at radius 1 is 1.33 bits per heavy atom. The molecule has 0 saturated heterocycles. The van der Waals surface area contributed by atoms with Crippen LogP contribution in [-0.2, 0) is 0 Å². The minimum absolute atomic E-state index is 0.447. The van der Waals surface area contributed by atoms with Gasteiger partial charge in [0.25, 0.3) is 0 Å². The number of aromatic nitrogens is 1. The molecule has 1 N–H and O–H groups in total. The van der Waals surface area contributed by atoms with Crippen LogP contribution >= 0.6 is 0 Å². The Morgan fingerprint density at radius 2 is 2.20 bits per heavy atom. The third-order valence-corrected chi connectivity index (χ3v) is 2.89. The summed E-state index contributed by atoms with van der Waals surface area (Å²) in [7, 11) is 0. The van der Waals surface area contributed by atoms with E-state index in [0.717, 1.165) is 29.5 Å². The molecule has 1 aromatic rings. The number of aliphatic hydroxyl groups excluding tert-OH is 1. The zero-order chi connectivity index (χ0) is 10.7. The Morgan fingerprint density at radius 3 is 2.87 bits per heavy atom. The number of allylic oxidation sites excluding steroid dienone is 1. The molecule has 80 valence electrons. The molecule has 0 bridgehead atoms. The Kier molecular flexibility index (Phi) is 3.17. The van der Waals surface area contributed by atoms with Crippen LogP contribution in [0.4, 0.5) is 0 Å². The van der Waals surface area contributed by atoms with E-state index in [1.54, 1.807) is 6.20 Å². The summed E-state index contributed by atoms with van der Waals surface area (Å²) >= 11 is 0. The van der Waals surface area contributed by atoms with Gasteiger partial charge in [0.1, 0.15) is 6.10 Å². The molecule has 0 saturated carbocycles. The lowest BCUT2D eigenvalue weighted by Gasteiger charge is -2.18. The molecule has 2 rings (SSSR count). The number of aryl methyl sites for hydroxylation is 1. The van der Waals surface area contributed by atoms with Crippen molar-refractivity contribution in [2.45, 2.75) is 38.7 Å². The van der Waals surface area contributed by atoms with E-state index in [1.807, 2.05) is 19.2 Å². The van der Waals surface area contributed by atoms with E-state index in [2.05, 4.69) is 11.1 Å². The van der Waals surface area contributed by atoms with Crippen LogP contribution in [0.15, 0.2) is 30.1 Å². The van der Waals surface area contributed by atoms with Gasteiger partial charge in [0.15, 0.2) is 0 Å². The van der Waals surface area contributed by atoms with Crippen LogP contribution < -0.4 is 0 Å². The molecule has 0 radical (unpaired) electrons. The Balaban J connectivity index is 2.19. The summed E-state index contributed by atoms with van der Waals surface area (Å²) in [6, 6.07) is 2.01. The molecule has 1 aromatic heterocycles. The molecule has 15 heavy (non-hydrogen) atoms. The van der Waals surface area contributed by atoms with Crippen LogP contribution in [0.25, 0.3) is 0 Å². The maximum Gasteiger partial charge on any atom is 0.102 e. The van der Waals surface area contributed by atoms with Gasteiger partial charge in [-0.05, 0) is 43.7 Å². The molecular formula is C13H17NO. The highest BCUT2D eigenvalue weighted by Gasteiger charge is 2.15. The van der Waals surface area contributed by atoms with Crippen LogP contribution in [-0.4, -0.2) is 10.1 Å². The quantitative estimate of drug-likeness (QED) is 0.750. The first-order chi connectivity index (χ1) is 7.27. The number of hydrogen-bond donors (Lipinski definition) is 1. The summed E-state index contributed by atoms with van der Waals surface area (Å²) in [5.41, 5.74) is 3.18. The van der Waals surface area contributed by atoms with Crippen molar-refractivity contribution < 1.29 is 5.11 Å². The van der Waals surface area contributed by atoms with Gasteiger partial charge in [-0.15, -0.1) is 0 Å². The largest absolute Gasteiger partial charge is 0.384 e. The summed E-state index contributed by atoms with van der Waals surface area (Å²) in [5.74, 6) is 0. The summed E-state index contributed by atoms with van der Waals surface area (Å²) in [6.07, 6.45) is 9.87. The molecule has 0 fully saturated rings. The van der Waals surface area contributed by atoms with Crippen molar-refractivity contribution in [2.24, 2.45) is 0 Å². The average molecular weight is 203 g/mol. The Bertz CT molecular complexity index is 371. The van der Waals surface area contributed by atoms with E-state index < -0.39 is 6.10 Å². The van der Waals surface area contributed by atoms with Crippen LogP contribution in [0.2, 0.25) is 0 Å². The SMILES string of the molecule is Cc1cncc(C(O)C2=CCCCC2)c1. The van der Waals surface area contributed by atoms with Crippen LogP contribution in [0, 0.1) is 6.92 Å². The zero-order valence-corrected chi connectivity index (χ0v) is 9.11. The van der Waals surface area contributed by atoms with Gasteiger partial charge in [-0.2, -0.15) is 0 Å². The summed E-state index contributed by atoms with van der Waals surface area (Å²) < 4.78 is 0. The zero-order valence-electron chi connectivity index (χ0n) is 9.11. The number of nitrogens with zero attached hydrogens (tertiary/aromatic N) is 1. The maximum atomic E-state index is 10.2. The molecule has 1 heterocycles. The van der Waals surface area contributed by atoms with Crippen LogP contribution in [0.1, 0.15) is 42.9 Å². The lowest BCUT2D eigenvalue weighted by Crippen LogP contribution is -2.05. The summed E-state index contributed by atoms with van der Waals surface area (Å²) in [4.78, 5) is 4.11. The molecular weight excluding hydrogens is 186 g/mol. The van der Waals surface area contributed by atoms with E-state index in [0.29, 0.717) is 0 Å². The van der Waals surface area contributed by atoms with Gasteiger partial charge in [-0.25, -0.2) is 0 Å². The fourth-order valence-electron chi connectivity index (χ4n) is 2.05. The smallest absolute Gasteiger partial charge is 0.102 e. The predicted octanol–water partition coefficient (Wildman–Crippen LogP) is 2.92. The molecule has 0 amide bonds. The minimum Gasteiger partial charge on any atom is -0.384 e. The van der Waals surface area contributed by atoms with Crippen molar-refractivity contribution in [3.05, 3.63) is 41.2 Å². The molecule has 0 aliphatic heterocycles. The van der Waals surface area contributed by atoms with Gasteiger partial charge in [0, 0.05) is 18.0 Å². The number of rotatable bonds is 2. The lowest BCUT2D eigenvalue weighted by molar-refractivity contribution is 0.208. The third kappa shape index (κ3) is 2.45. The monoisotopic (exact) mass is 203 g/mol. The van der Waals surface area contributed by atoms with Gasteiger partial charge in [0.05, 0.1) is 0 Å². The predicted molar refractivity (Wildman–Crippen MR) is 60.5 cm³/mol. The molecule has 1 atom stereocenters. The lowest BCUT2D eigenvalue weighted by atomic mass is 9.92. The molecule has 1 aliphatic carbocycles. The van der Waals surface area contributed by atoms with E-state index in [1.165, 1.54) is 12.8 Å². The van der Waals surface area contributed by atoms with Crippen molar-refractivity contribution in [1.29, 1.82) is 0 Å². The van der Waals surface area contributed by atoms with Gasteiger partial charge in [-0.3, -0.25) is 4.98 Å². The van der Waals surface area contributed by atoms with E-state index in [9.17, 15) is 5.11 Å². The second-order valence-electron chi connectivity index (χ2n) is 4.22. The fourth-order valence-corrected chi connectivity index (χ4v) is 2.05. The molecule has 1 aliphatic rings.